The molecule has 0 rings (SSSR count). The minimum Gasteiger partial charge on any atom is -0.396 e. The van der Waals surface area contributed by atoms with Crippen LogP contribution in [0.4, 0.5) is 0 Å². The average molecular weight is 313 g/mol. The first-order chi connectivity index (χ1) is 10.7. The smallest absolute Gasteiger partial charge is 0.0456 e. The number of hydrogen-bond donors (Lipinski definition) is 1. The van der Waals surface area contributed by atoms with Gasteiger partial charge in [-0.25, -0.2) is 0 Å². The van der Waals surface area contributed by atoms with Crippen LogP contribution in [0.15, 0.2) is 0 Å². The zero-order valence-corrected chi connectivity index (χ0v) is 15.9. The molecular weight excluding hydrogens is 268 g/mol. The fourth-order valence-corrected chi connectivity index (χ4v) is 3.45. The molecule has 0 aliphatic heterocycles. The maximum absolute atomic E-state index is 9.32. The minimum absolute atomic E-state index is 0.365. The van der Waals surface area contributed by atoms with Gasteiger partial charge in [0.15, 0.2) is 0 Å². The molecule has 0 aromatic carbocycles. The first-order valence-corrected chi connectivity index (χ1v) is 10.3. The van der Waals surface area contributed by atoms with Crippen LogP contribution >= 0.6 is 0 Å². The summed E-state index contributed by atoms with van der Waals surface area (Å²) >= 11 is 0. The molecule has 0 spiro atoms. The number of aliphatic hydroxyl groups excluding tert-OH is 1. The van der Waals surface area contributed by atoms with Crippen LogP contribution in [-0.2, 0) is 0 Å². The Bertz CT molecular complexity index is 186. The second-order valence-corrected chi connectivity index (χ2v) is 7.50. The van der Waals surface area contributed by atoms with Crippen LogP contribution in [0.2, 0.25) is 0 Å². The van der Waals surface area contributed by atoms with Crippen LogP contribution < -0.4 is 0 Å². The highest BCUT2D eigenvalue weighted by Gasteiger charge is 2.12. The highest BCUT2D eigenvalue weighted by molar-refractivity contribution is 4.65. The fraction of sp³-hybridized carbons (Fsp3) is 1.00. The topological polar surface area (TPSA) is 20.2 Å². The van der Waals surface area contributed by atoms with Gasteiger partial charge in [-0.05, 0) is 18.3 Å². The molecule has 1 N–H and O–H groups in total. The normalized spacial score (nSPS) is 13.0. The van der Waals surface area contributed by atoms with Crippen molar-refractivity contribution in [2.24, 2.45) is 11.8 Å². The van der Waals surface area contributed by atoms with E-state index >= 15 is 0 Å². The van der Waals surface area contributed by atoms with Crippen LogP contribution in [0.1, 0.15) is 117 Å². The van der Waals surface area contributed by atoms with Gasteiger partial charge in [0.1, 0.15) is 0 Å². The molecule has 0 aliphatic carbocycles. The van der Waals surface area contributed by atoms with Crippen molar-refractivity contribution in [1.29, 1.82) is 0 Å². The van der Waals surface area contributed by atoms with Crippen LogP contribution in [-0.4, -0.2) is 11.7 Å². The van der Waals surface area contributed by atoms with E-state index < -0.39 is 0 Å². The van der Waals surface area contributed by atoms with Crippen LogP contribution in [0.5, 0.6) is 0 Å². The van der Waals surface area contributed by atoms with E-state index in [0.717, 1.165) is 5.92 Å². The Morgan fingerprint density at radius 2 is 1.05 bits per heavy atom. The standard InChI is InChI=1S/C21H44O/c1-4-6-8-10-12-14-16-21(18-20(3)19-22)17-15-13-11-9-7-5-2/h20-22H,4-19H2,1-3H3. The molecule has 0 bridgehead atoms. The Kier molecular flexibility index (Phi) is 17.3. The lowest BCUT2D eigenvalue weighted by molar-refractivity contribution is 0.203. The Labute approximate surface area is 141 Å². The second-order valence-electron chi connectivity index (χ2n) is 7.50. The summed E-state index contributed by atoms with van der Waals surface area (Å²) in [6, 6.07) is 0. The number of aliphatic hydroxyl groups is 1. The third-order valence-corrected chi connectivity index (χ3v) is 4.98. The van der Waals surface area contributed by atoms with Crippen molar-refractivity contribution in [2.75, 3.05) is 6.61 Å². The second kappa shape index (κ2) is 17.3. The molecule has 0 saturated carbocycles. The van der Waals surface area contributed by atoms with E-state index in [1.54, 1.807) is 0 Å². The fourth-order valence-electron chi connectivity index (χ4n) is 3.45. The monoisotopic (exact) mass is 312 g/mol. The quantitative estimate of drug-likeness (QED) is 0.283. The van der Waals surface area contributed by atoms with Crippen molar-refractivity contribution < 1.29 is 5.11 Å². The van der Waals surface area contributed by atoms with Crippen molar-refractivity contribution in [3.8, 4) is 0 Å². The Hall–Kier alpha value is -0.0400. The highest BCUT2D eigenvalue weighted by atomic mass is 16.3. The lowest BCUT2D eigenvalue weighted by atomic mass is 9.87. The molecule has 0 aromatic rings. The summed E-state index contributed by atoms with van der Waals surface area (Å²) in [7, 11) is 0. The largest absolute Gasteiger partial charge is 0.396 e. The Balaban J connectivity index is 3.75. The SMILES string of the molecule is CCCCCCCCC(CCCCCCCC)CC(C)CO. The predicted octanol–water partition coefficient (Wildman–Crippen LogP) is 7.12. The molecule has 0 fully saturated rings. The van der Waals surface area contributed by atoms with Gasteiger partial charge in [0.2, 0.25) is 0 Å². The van der Waals surface area contributed by atoms with Gasteiger partial charge < -0.3 is 5.11 Å². The van der Waals surface area contributed by atoms with E-state index in [2.05, 4.69) is 20.8 Å². The molecule has 1 nitrogen and oxygen atoms in total. The van der Waals surface area contributed by atoms with Gasteiger partial charge in [0.05, 0.1) is 0 Å². The third kappa shape index (κ3) is 14.9. The molecular formula is C21H44O. The van der Waals surface area contributed by atoms with Crippen molar-refractivity contribution in [3.63, 3.8) is 0 Å². The molecule has 0 heterocycles. The molecule has 1 atom stereocenters. The average Bonchev–Trinajstić information content (AvgIpc) is 2.53. The minimum atomic E-state index is 0.365. The molecule has 134 valence electrons. The molecule has 1 heteroatoms. The molecule has 1 unspecified atom stereocenters. The molecule has 0 radical (unpaired) electrons. The summed E-state index contributed by atoms with van der Waals surface area (Å²) in [4.78, 5) is 0. The van der Waals surface area contributed by atoms with E-state index in [9.17, 15) is 5.11 Å². The number of rotatable bonds is 17. The zero-order valence-electron chi connectivity index (χ0n) is 15.9. The van der Waals surface area contributed by atoms with Crippen LogP contribution in [0, 0.1) is 11.8 Å². The Morgan fingerprint density at radius 3 is 1.45 bits per heavy atom. The first kappa shape index (κ1) is 22.0. The van der Waals surface area contributed by atoms with E-state index in [1.165, 1.54) is 96.3 Å². The van der Waals surface area contributed by atoms with Crippen molar-refractivity contribution in [1.82, 2.24) is 0 Å². The summed E-state index contributed by atoms with van der Waals surface area (Å²) in [5.41, 5.74) is 0. The van der Waals surface area contributed by atoms with Crippen LogP contribution in [0.25, 0.3) is 0 Å². The van der Waals surface area contributed by atoms with Gasteiger partial charge >= 0.3 is 0 Å². The van der Waals surface area contributed by atoms with E-state index in [4.69, 9.17) is 0 Å². The molecule has 22 heavy (non-hydrogen) atoms. The summed E-state index contributed by atoms with van der Waals surface area (Å²) in [6.07, 6.45) is 20.9. The Morgan fingerprint density at radius 1 is 0.636 bits per heavy atom. The van der Waals surface area contributed by atoms with Gasteiger partial charge in [0, 0.05) is 6.61 Å². The third-order valence-electron chi connectivity index (χ3n) is 4.98. The summed E-state index contributed by atoms with van der Waals surface area (Å²) in [5.74, 6) is 1.35. The van der Waals surface area contributed by atoms with Gasteiger partial charge in [-0.3, -0.25) is 0 Å². The lowest BCUT2D eigenvalue weighted by Gasteiger charge is -2.20. The molecule has 0 aliphatic rings. The summed E-state index contributed by atoms with van der Waals surface area (Å²) < 4.78 is 0. The predicted molar refractivity (Wildman–Crippen MR) is 100 cm³/mol. The maximum atomic E-state index is 9.32. The first-order valence-electron chi connectivity index (χ1n) is 10.3. The van der Waals surface area contributed by atoms with Gasteiger partial charge in [0.25, 0.3) is 0 Å². The summed E-state index contributed by atoms with van der Waals surface area (Å²) in [6.45, 7) is 7.14. The number of hydrogen-bond acceptors (Lipinski definition) is 1. The van der Waals surface area contributed by atoms with E-state index in [-0.39, 0.29) is 0 Å². The van der Waals surface area contributed by atoms with Crippen molar-refractivity contribution >= 4 is 0 Å². The van der Waals surface area contributed by atoms with E-state index in [0.29, 0.717) is 12.5 Å². The molecule has 0 saturated heterocycles. The van der Waals surface area contributed by atoms with Crippen molar-refractivity contribution in [2.45, 2.75) is 117 Å². The van der Waals surface area contributed by atoms with E-state index in [1.807, 2.05) is 0 Å². The molecule has 0 aromatic heterocycles. The molecule has 0 amide bonds. The van der Waals surface area contributed by atoms with Crippen molar-refractivity contribution in [3.05, 3.63) is 0 Å². The van der Waals surface area contributed by atoms with Gasteiger partial charge in [-0.1, -0.05) is 111 Å². The van der Waals surface area contributed by atoms with Crippen LogP contribution in [0.3, 0.4) is 0 Å². The number of unbranched alkanes of at least 4 members (excludes halogenated alkanes) is 10. The lowest BCUT2D eigenvalue weighted by Crippen LogP contribution is -2.10. The summed E-state index contributed by atoms with van der Waals surface area (Å²) in [5, 5.41) is 9.32. The van der Waals surface area contributed by atoms with Gasteiger partial charge in [-0.15, -0.1) is 0 Å². The zero-order chi connectivity index (χ0) is 16.5. The highest BCUT2D eigenvalue weighted by Crippen LogP contribution is 2.25. The van der Waals surface area contributed by atoms with Gasteiger partial charge in [-0.2, -0.15) is 0 Å². The maximum Gasteiger partial charge on any atom is 0.0456 e.